The number of carbonyl (C=O) groups is 1. The van der Waals surface area contributed by atoms with Gasteiger partial charge in [0.05, 0.1) is 17.4 Å². The average molecular weight is 460 g/mol. The summed E-state index contributed by atoms with van der Waals surface area (Å²) in [6.45, 7) is 2.46. The minimum absolute atomic E-state index is 0.0899. The van der Waals surface area contributed by atoms with Crippen LogP contribution in [-0.2, 0) is 6.54 Å². The number of aromatic amines is 1. The van der Waals surface area contributed by atoms with Crippen LogP contribution in [0.5, 0.6) is 0 Å². The molecule has 0 aliphatic carbocycles. The van der Waals surface area contributed by atoms with Gasteiger partial charge in [-0.2, -0.15) is 0 Å². The Kier molecular flexibility index (Phi) is 5.62. The maximum Gasteiger partial charge on any atom is 0.329 e. The monoisotopic (exact) mass is 460 g/mol. The summed E-state index contributed by atoms with van der Waals surface area (Å²) in [7, 11) is 0. The third kappa shape index (κ3) is 4.17. The van der Waals surface area contributed by atoms with Crippen molar-refractivity contribution in [1.29, 1.82) is 0 Å². The first kappa shape index (κ1) is 21.5. The second-order valence-corrected chi connectivity index (χ2v) is 8.04. The number of hydrogen-bond acceptors (Lipinski definition) is 6. The van der Waals surface area contributed by atoms with Gasteiger partial charge in [0.2, 0.25) is 5.95 Å². The number of aromatic nitrogens is 4. The molecule has 34 heavy (non-hydrogen) atoms. The number of piperazine rings is 1. The van der Waals surface area contributed by atoms with Gasteiger partial charge in [0, 0.05) is 44.1 Å². The van der Waals surface area contributed by atoms with Crippen molar-refractivity contribution in [1.82, 2.24) is 24.4 Å². The van der Waals surface area contributed by atoms with E-state index in [2.05, 4.69) is 15.0 Å². The molecule has 0 saturated carbocycles. The number of hydrogen-bond donors (Lipinski definition) is 1. The first-order valence-electron chi connectivity index (χ1n) is 10.8. The number of benzene rings is 2. The van der Waals surface area contributed by atoms with E-state index in [-0.39, 0.29) is 17.8 Å². The molecule has 1 aliphatic rings. The van der Waals surface area contributed by atoms with E-state index < -0.39 is 17.1 Å². The Labute approximate surface area is 193 Å². The van der Waals surface area contributed by atoms with Crippen LogP contribution in [0, 0.1) is 5.82 Å². The number of carbonyl (C=O) groups excluding carboxylic acids is 1. The maximum atomic E-state index is 13.6. The fraction of sp³-hybridized carbons (Fsp3) is 0.208. The molecule has 1 N–H and O–H groups in total. The highest BCUT2D eigenvalue weighted by atomic mass is 19.1. The van der Waals surface area contributed by atoms with E-state index in [1.165, 1.54) is 16.7 Å². The summed E-state index contributed by atoms with van der Waals surface area (Å²) in [6.07, 6.45) is 3.39. The van der Waals surface area contributed by atoms with Crippen molar-refractivity contribution in [3.63, 3.8) is 0 Å². The summed E-state index contributed by atoms with van der Waals surface area (Å²) in [6, 6.07) is 12.5. The number of amides is 1. The van der Waals surface area contributed by atoms with Crippen LogP contribution >= 0.6 is 0 Å². The van der Waals surface area contributed by atoms with Crippen LogP contribution in [0.4, 0.5) is 10.3 Å². The van der Waals surface area contributed by atoms with Crippen molar-refractivity contribution >= 4 is 22.8 Å². The van der Waals surface area contributed by atoms with E-state index in [4.69, 9.17) is 0 Å². The van der Waals surface area contributed by atoms with Gasteiger partial charge in [0.25, 0.3) is 11.5 Å². The van der Waals surface area contributed by atoms with E-state index in [1.807, 2.05) is 4.90 Å². The second kappa shape index (κ2) is 8.89. The number of rotatable bonds is 4. The molecule has 1 fully saturated rings. The largest absolute Gasteiger partial charge is 0.337 e. The van der Waals surface area contributed by atoms with Gasteiger partial charge >= 0.3 is 5.69 Å². The van der Waals surface area contributed by atoms with E-state index in [0.717, 1.165) is 6.07 Å². The van der Waals surface area contributed by atoms with Crippen LogP contribution < -0.4 is 16.1 Å². The maximum absolute atomic E-state index is 13.6. The number of fused-ring (bicyclic) bond motifs is 1. The molecular formula is C24H21FN6O3. The second-order valence-electron chi connectivity index (χ2n) is 8.04. The fourth-order valence-corrected chi connectivity index (χ4v) is 4.16. The van der Waals surface area contributed by atoms with E-state index in [0.29, 0.717) is 48.8 Å². The molecular weight excluding hydrogens is 439 g/mol. The van der Waals surface area contributed by atoms with Crippen molar-refractivity contribution in [2.75, 3.05) is 31.1 Å². The van der Waals surface area contributed by atoms with E-state index >= 15 is 0 Å². The molecule has 5 rings (SSSR count). The van der Waals surface area contributed by atoms with Crippen molar-refractivity contribution in [3.05, 3.63) is 98.7 Å². The zero-order valence-electron chi connectivity index (χ0n) is 18.1. The molecule has 0 spiro atoms. The quantitative estimate of drug-likeness (QED) is 0.497. The highest BCUT2D eigenvalue weighted by Gasteiger charge is 2.23. The molecule has 10 heteroatoms. The first-order valence-corrected chi connectivity index (χ1v) is 10.8. The van der Waals surface area contributed by atoms with E-state index in [1.54, 1.807) is 47.6 Å². The summed E-state index contributed by atoms with van der Waals surface area (Å²) < 4.78 is 15.0. The summed E-state index contributed by atoms with van der Waals surface area (Å²) in [5, 5.41) is 0.0899. The first-order chi connectivity index (χ1) is 16.5. The van der Waals surface area contributed by atoms with Gasteiger partial charge in [-0.3, -0.25) is 19.1 Å². The normalized spacial score (nSPS) is 13.9. The Morgan fingerprint density at radius 2 is 1.74 bits per heavy atom. The zero-order valence-corrected chi connectivity index (χ0v) is 18.1. The molecule has 0 unspecified atom stereocenters. The minimum Gasteiger partial charge on any atom is -0.337 e. The lowest BCUT2D eigenvalue weighted by Crippen LogP contribution is -2.49. The fourth-order valence-electron chi connectivity index (χ4n) is 4.16. The molecule has 4 aromatic rings. The molecule has 1 saturated heterocycles. The standard InChI is InChI=1S/C24H21FN6O3/c25-18-5-6-20-19(14-18)21(32)28-24(34)31(20)15-16-3-1-4-17(13-16)22(33)29-9-11-30(12-10-29)23-26-7-2-8-27-23/h1-8,13-14H,9-12,15H2,(H,28,32,34). The van der Waals surface area contributed by atoms with Crippen molar-refractivity contribution in [3.8, 4) is 0 Å². The number of halogens is 1. The van der Waals surface area contributed by atoms with Crippen molar-refractivity contribution < 1.29 is 9.18 Å². The molecule has 1 amide bonds. The van der Waals surface area contributed by atoms with Crippen LogP contribution in [0.15, 0.2) is 70.5 Å². The number of H-pyrrole nitrogens is 1. The van der Waals surface area contributed by atoms with Gasteiger partial charge in [-0.25, -0.2) is 19.2 Å². The molecule has 3 heterocycles. The van der Waals surface area contributed by atoms with Crippen LogP contribution in [0.3, 0.4) is 0 Å². The summed E-state index contributed by atoms with van der Waals surface area (Å²) >= 11 is 0. The number of nitrogens with one attached hydrogen (secondary N) is 1. The SMILES string of the molecule is O=C(c1cccc(Cn2c(=O)[nH]c(=O)c3cc(F)ccc32)c1)N1CCN(c2ncccn2)CC1. The molecule has 0 radical (unpaired) electrons. The zero-order chi connectivity index (χ0) is 23.7. The summed E-state index contributed by atoms with van der Waals surface area (Å²) in [4.78, 5) is 52.3. The Hall–Kier alpha value is -4.34. The van der Waals surface area contributed by atoms with Crippen LogP contribution in [0.1, 0.15) is 15.9 Å². The highest BCUT2D eigenvalue weighted by Crippen LogP contribution is 2.16. The molecule has 9 nitrogen and oxygen atoms in total. The number of anilines is 1. The van der Waals surface area contributed by atoms with Gasteiger partial charge in [0.15, 0.2) is 0 Å². The lowest BCUT2D eigenvalue weighted by Gasteiger charge is -2.34. The Morgan fingerprint density at radius 3 is 2.50 bits per heavy atom. The summed E-state index contributed by atoms with van der Waals surface area (Å²) in [5.74, 6) is -0.0130. The van der Waals surface area contributed by atoms with Crippen LogP contribution in [0.25, 0.3) is 10.9 Å². The third-order valence-electron chi connectivity index (χ3n) is 5.88. The van der Waals surface area contributed by atoms with Crippen LogP contribution in [0.2, 0.25) is 0 Å². The predicted molar refractivity (Wildman–Crippen MR) is 124 cm³/mol. The molecule has 0 atom stereocenters. The van der Waals surface area contributed by atoms with E-state index in [9.17, 15) is 18.8 Å². The molecule has 2 aromatic heterocycles. The van der Waals surface area contributed by atoms with Crippen molar-refractivity contribution in [2.45, 2.75) is 6.54 Å². The Balaban J connectivity index is 1.35. The predicted octanol–water partition coefficient (Wildman–Crippen LogP) is 1.63. The molecule has 0 bridgehead atoms. The Bertz CT molecular complexity index is 1480. The minimum atomic E-state index is -0.639. The number of nitrogens with zero attached hydrogens (tertiary/aromatic N) is 5. The van der Waals surface area contributed by atoms with Crippen molar-refractivity contribution in [2.24, 2.45) is 0 Å². The topological polar surface area (TPSA) is 104 Å². The lowest BCUT2D eigenvalue weighted by molar-refractivity contribution is 0.0746. The van der Waals surface area contributed by atoms with Crippen LogP contribution in [-0.4, -0.2) is 56.5 Å². The third-order valence-corrected chi connectivity index (χ3v) is 5.88. The average Bonchev–Trinajstić information content (AvgIpc) is 2.87. The molecule has 2 aromatic carbocycles. The summed E-state index contributed by atoms with van der Waals surface area (Å²) in [5.41, 5.74) is 0.308. The Morgan fingerprint density at radius 1 is 0.971 bits per heavy atom. The van der Waals surface area contributed by atoms with Gasteiger partial charge < -0.3 is 9.80 Å². The molecule has 1 aliphatic heterocycles. The highest BCUT2D eigenvalue weighted by molar-refractivity contribution is 5.94. The van der Waals surface area contributed by atoms with Gasteiger partial charge in [-0.05, 0) is 42.0 Å². The lowest BCUT2D eigenvalue weighted by atomic mass is 10.1. The van der Waals surface area contributed by atoms with Gasteiger partial charge in [0.1, 0.15) is 5.82 Å². The molecule has 172 valence electrons. The van der Waals surface area contributed by atoms with Gasteiger partial charge in [-0.1, -0.05) is 12.1 Å². The van der Waals surface area contributed by atoms with Gasteiger partial charge in [-0.15, -0.1) is 0 Å². The smallest absolute Gasteiger partial charge is 0.329 e.